The standard InChI is InChI=1S/C9H5F3N2O3/c10-9(11,12)17-6-1-5(3-13)7(14-4-6)2-8(15)16/h1,4H,2H2,(H,15,16). The van der Waals surface area contributed by atoms with Crippen molar-refractivity contribution >= 4 is 5.97 Å². The van der Waals surface area contributed by atoms with Crippen LogP contribution in [-0.2, 0) is 11.2 Å². The van der Waals surface area contributed by atoms with Gasteiger partial charge in [-0.1, -0.05) is 0 Å². The number of aliphatic carboxylic acids is 1. The molecule has 17 heavy (non-hydrogen) atoms. The van der Waals surface area contributed by atoms with Gasteiger partial charge in [0.2, 0.25) is 0 Å². The Balaban J connectivity index is 3.01. The van der Waals surface area contributed by atoms with Crippen LogP contribution < -0.4 is 4.74 Å². The number of carboxylic acid groups (broad SMARTS) is 1. The predicted molar refractivity (Wildman–Crippen MR) is 47.0 cm³/mol. The van der Waals surface area contributed by atoms with Crippen LogP contribution in [0.1, 0.15) is 11.3 Å². The van der Waals surface area contributed by atoms with Gasteiger partial charge in [-0.15, -0.1) is 13.2 Å². The molecule has 1 heterocycles. The van der Waals surface area contributed by atoms with E-state index in [0.717, 1.165) is 6.07 Å². The van der Waals surface area contributed by atoms with Crippen LogP contribution in [0.5, 0.6) is 5.75 Å². The number of carboxylic acids is 1. The number of nitrogens with zero attached hydrogens (tertiary/aromatic N) is 2. The molecule has 0 fully saturated rings. The van der Waals surface area contributed by atoms with Crippen molar-refractivity contribution in [2.45, 2.75) is 12.8 Å². The summed E-state index contributed by atoms with van der Waals surface area (Å²) in [6.45, 7) is 0. The average molecular weight is 246 g/mol. The molecular formula is C9H5F3N2O3. The molecule has 1 aromatic heterocycles. The first-order chi connectivity index (χ1) is 7.81. The fraction of sp³-hybridized carbons (Fsp3) is 0.222. The summed E-state index contributed by atoms with van der Waals surface area (Å²) in [5.41, 5.74) is -0.385. The highest BCUT2D eigenvalue weighted by molar-refractivity contribution is 5.70. The van der Waals surface area contributed by atoms with Crippen LogP contribution in [0.4, 0.5) is 13.2 Å². The fourth-order valence-electron chi connectivity index (χ4n) is 1.04. The van der Waals surface area contributed by atoms with Crippen molar-refractivity contribution in [3.05, 3.63) is 23.5 Å². The molecule has 0 amide bonds. The highest BCUT2D eigenvalue weighted by Gasteiger charge is 2.31. The summed E-state index contributed by atoms with van der Waals surface area (Å²) >= 11 is 0. The topological polar surface area (TPSA) is 83.2 Å². The largest absolute Gasteiger partial charge is 0.573 e. The number of carbonyl (C=O) groups is 1. The van der Waals surface area contributed by atoms with Gasteiger partial charge in [0.1, 0.15) is 11.8 Å². The lowest BCUT2D eigenvalue weighted by Gasteiger charge is -2.09. The van der Waals surface area contributed by atoms with E-state index in [4.69, 9.17) is 10.4 Å². The smallest absolute Gasteiger partial charge is 0.481 e. The number of ether oxygens (including phenoxy) is 1. The molecular weight excluding hydrogens is 241 g/mol. The molecule has 1 aromatic rings. The Morgan fingerprint density at radius 3 is 2.71 bits per heavy atom. The first kappa shape index (κ1) is 12.8. The van der Waals surface area contributed by atoms with Crippen molar-refractivity contribution < 1.29 is 27.8 Å². The highest BCUT2D eigenvalue weighted by Crippen LogP contribution is 2.23. The van der Waals surface area contributed by atoms with Crippen LogP contribution in [-0.4, -0.2) is 22.4 Å². The van der Waals surface area contributed by atoms with Gasteiger partial charge in [-0.2, -0.15) is 5.26 Å². The highest BCUT2D eigenvalue weighted by atomic mass is 19.4. The number of alkyl halides is 3. The van der Waals surface area contributed by atoms with E-state index in [1.165, 1.54) is 0 Å². The summed E-state index contributed by atoms with van der Waals surface area (Å²) in [7, 11) is 0. The average Bonchev–Trinajstić information content (AvgIpc) is 2.17. The molecule has 0 aliphatic heterocycles. The van der Waals surface area contributed by atoms with Crippen molar-refractivity contribution in [2.24, 2.45) is 0 Å². The minimum Gasteiger partial charge on any atom is -0.481 e. The number of aromatic nitrogens is 1. The van der Waals surface area contributed by atoms with E-state index < -0.39 is 24.5 Å². The zero-order valence-electron chi connectivity index (χ0n) is 8.15. The Hall–Kier alpha value is -2.30. The van der Waals surface area contributed by atoms with Gasteiger partial charge in [-0.25, -0.2) is 0 Å². The van der Waals surface area contributed by atoms with Gasteiger partial charge >= 0.3 is 12.3 Å². The van der Waals surface area contributed by atoms with E-state index in [9.17, 15) is 18.0 Å². The fourth-order valence-corrected chi connectivity index (χ4v) is 1.04. The van der Waals surface area contributed by atoms with Crippen molar-refractivity contribution in [3.63, 3.8) is 0 Å². The zero-order chi connectivity index (χ0) is 13.1. The molecule has 0 aliphatic rings. The third-order valence-electron chi connectivity index (χ3n) is 1.62. The third kappa shape index (κ3) is 3.98. The number of nitriles is 1. The summed E-state index contributed by atoms with van der Waals surface area (Å²) in [5.74, 6) is -1.90. The summed E-state index contributed by atoms with van der Waals surface area (Å²) in [5, 5.41) is 17.1. The molecule has 0 saturated heterocycles. The quantitative estimate of drug-likeness (QED) is 0.873. The lowest BCUT2D eigenvalue weighted by Crippen LogP contribution is -2.17. The minimum atomic E-state index is -4.89. The van der Waals surface area contributed by atoms with Crippen LogP contribution in [0.15, 0.2) is 12.3 Å². The summed E-state index contributed by atoms with van der Waals surface area (Å²) in [6.07, 6.45) is -4.72. The second kappa shape index (κ2) is 4.69. The number of pyridine rings is 1. The van der Waals surface area contributed by atoms with Crippen molar-refractivity contribution in [3.8, 4) is 11.8 Å². The first-order valence-corrected chi connectivity index (χ1v) is 4.18. The molecule has 8 heteroatoms. The van der Waals surface area contributed by atoms with E-state index in [2.05, 4.69) is 9.72 Å². The van der Waals surface area contributed by atoms with Gasteiger partial charge in [-0.3, -0.25) is 9.78 Å². The van der Waals surface area contributed by atoms with Gasteiger partial charge in [0.25, 0.3) is 0 Å². The minimum absolute atomic E-state index is 0.116. The SMILES string of the molecule is N#Cc1cc(OC(F)(F)F)cnc1CC(=O)O. The number of hydrogen-bond acceptors (Lipinski definition) is 4. The maximum atomic E-state index is 11.9. The molecule has 0 unspecified atom stereocenters. The van der Waals surface area contributed by atoms with Gasteiger partial charge in [0.05, 0.1) is 23.9 Å². The summed E-state index contributed by atoms with van der Waals surface area (Å²) in [4.78, 5) is 13.8. The molecule has 0 spiro atoms. The van der Waals surface area contributed by atoms with Crippen molar-refractivity contribution in [2.75, 3.05) is 0 Å². The first-order valence-electron chi connectivity index (χ1n) is 4.18. The molecule has 0 saturated carbocycles. The Bertz CT molecular complexity index is 479. The molecule has 0 atom stereocenters. The van der Waals surface area contributed by atoms with E-state index in [-0.39, 0.29) is 11.3 Å². The Morgan fingerprint density at radius 2 is 2.24 bits per heavy atom. The molecule has 0 radical (unpaired) electrons. The lowest BCUT2D eigenvalue weighted by molar-refractivity contribution is -0.274. The Kier molecular flexibility index (Phi) is 3.52. The summed E-state index contributed by atoms with van der Waals surface area (Å²) in [6, 6.07) is 2.34. The van der Waals surface area contributed by atoms with Crippen LogP contribution in [0.3, 0.4) is 0 Å². The van der Waals surface area contributed by atoms with Crippen LogP contribution >= 0.6 is 0 Å². The van der Waals surface area contributed by atoms with Crippen molar-refractivity contribution in [1.82, 2.24) is 4.98 Å². The Morgan fingerprint density at radius 1 is 1.59 bits per heavy atom. The number of rotatable bonds is 3. The molecule has 90 valence electrons. The van der Waals surface area contributed by atoms with E-state index >= 15 is 0 Å². The van der Waals surface area contributed by atoms with Gasteiger partial charge in [0, 0.05) is 6.07 Å². The summed E-state index contributed by atoms with van der Waals surface area (Å²) < 4.78 is 39.1. The van der Waals surface area contributed by atoms with Gasteiger partial charge in [-0.05, 0) is 0 Å². The monoisotopic (exact) mass is 246 g/mol. The second-order valence-electron chi connectivity index (χ2n) is 2.90. The van der Waals surface area contributed by atoms with E-state index in [1.54, 1.807) is 6.07 Å². The second-order valence-corrected chi connectivity index (χ2v) is 2.90. The van der Waals surface area contributed by atoms with E-state index in [0.29, 0.717) is 6.20 Å². The maximum absolute atomic E-state index is 11.9. The molecule has 1 N–H and O–H groups in total. The van der Waals surface area contributed by atoms with E-state index in [1.807, 2.05) is 0 Å². The molecule has 0 aliphatic carbocycles. The normalized spacial score (nSPS) is 10.7. The molecule has 0 aromatic carbocycles. The molecule has 5 nitrogen and oxygen atoms in total. The maximum Gasteiger partial charge on any atom is 0.573 e. The van der Waals surface area contributed by atoms with Crippen molar-refractivity contribution in [1.29, 1.82) is 5.26 Å². The predicted octanol–water partition coefficient (Wildman–Crippen LogP) is 1.48. The van der Waals surface area contributed by atoms with Gasteiger partial charge < -0.3 is 9.84 Å². The lowest BCUT2D eigenvalue weighted by atomic mass is 10.1. The molecule has 1 rings (SSSR count). The Labute approximate surface area is 93.1 Å². The van der Waals surface area contributed by atoms with Crippen LogP contribution in [0, 0.1) is 11.3 Å². The van der Waals surface area contributed by atoms with Gasteiger partial charge in [0.15, 0.2) is 0 Å². The number of halogens is 3. The zero-order valence-corrected chi connectivity index (χ0v) is 8.15. The molecule has 0 bridgehead atoms. The van der Waals surface area contributed by atoms with Crippen LogP contribution in [0.2, 0.25) is 0 Å². The number of hydrogen-bond donors (Lipinski definition) is 1. The van der Waals surface area contributed by atoms with Crippen LogP contribution in [0.25, 0.3) is 0 Å². The third-order valence-corrected chi connectivity index (χ3v) is 1.62.